The monoisotopic (exact) mass is 409 g/mol. The molecule has 0 atom stereocenters. The Hall–Kier alpha value is -3.39. The average molecular weight is 409 g/mol. The SMILES string of the molecule is CCOc1ccc(-c2nc3s/c(=C/c4ccc(OC)c(OC)c4)c(=O)n3n2)cc1. The van der Waals surface area contributed by atoms with E-state index in [2.05, 4.69) is 10.1 Å². The fraction of sp³-hybridized carbons (Fsp3) is 0.190. The molecule has 8 heteroatoms. The Labute approximate surface area is 170 Å². The van der Waals surface area contributed by atoms with Crippen molar-refractivity contribution in [1.82, 2.24) is 14.6 Å². The minimum Gasteiger partial charge on any atom is -0.494 e. The van der Waals surface area contributed by atoms with E-state index < -0.39 is 0 Å². The second-order valence-electron chi connectivity index (χ2n) is 6.12. The fourth-order valence-electron chi connectivity index (χ4n) is 2.92. The van der Waals surface area contributed by atoms with E-state index >= 15 is 0 Å². The van der Waals surface area contributed by atoms with Crippen LogP contribution in [0.5, 0.6) is 17.2 Å². The summed E-state index contributed by atoms with van der Waals surface area (Å²) in [5.41, 5.74) is 1.45. The number of nitrogens with zero attached hydrogens (tertiary/aromatic N) is 3. The van der Waals surface area contributed by atoms with Crippen molar-refractivity contribution in [2.24, 2.45) is 0 Å². The van der Waals surface area contributed by atoms with Gasteiger partial charge in [0.2, 0.25) is 4.96 Å². The molecule has 0 bridgehead atoms. The van der Waals surface area contributed by atoms with Crippen LogP contribution in [0.1, 0.15) is 12.5 Å². The Morgan fingerprint density at radius 1 is 1.07 bits per heavy atom. The van der Waals surface area contributed by atoms with Crippen LogP contribution in [0.2, 0.25) is 0 Å². The average Bonchev–Trinajstić information content (AvgIpc) is 3.28. The molecule has 0 aliphatic heterocycles. The molecule has 4 aromatic rings. The number of benzene rings is 2. The third-order valence-electron chi connectivity index (χ3n) is 4.31. The van der Waals surface area contributed by atoms with Gasteiger partial charge < -0.3 is 14.2 Å². The lowest BCUT2D eigenvalue weighted by Crippen LogP contribution is -2.23. The number of hydrogen-bond acceptors (Lipinski definition) is 7. The lowest BCUT2D eigenvalue weighted by atomic mass is 10.2. The van der Waals surface area contributed by atoms with Gasteiger partial charge in [0.25, 0.3) is 5.56 Å². The van der Waals surface area contributed by atoms with Crippen LogP contribution in [0.4, 0.5) is 0 Å². The van der Waals surface area contributed by atoms with Crippen LogP contribution in [0, 0.1) is 0 Å². The van der Waals surface area contributed by atoms with Gasteiger partial charge in [0.15, 0.2) is 17.3 Å². The quantitative estimate of drug-likeness (QED) is 0.488. The second-order valence-corrected chi connectivity index (χ2v) is 7.13. The number of thiazole rings is 1. The van der Waals surface area contributed by atoms with Crippen molar-refractivity contribution >= 4 is 22.4 Å². The maximum Gasteiger partial charge on any atom is 0.291 e. The lowest BCUT2D eigenvalue weighted by molar-refractivity contribution is 0.340. The molecule has 0 N–H and O–H groups in total. The molecule has 4 rings (SSSR count). The maximum absolute atomic E-state index is 12.8. The van der Waals surface area contributed by atoms with Gasteiger partial charge in [-0.05, 0) is 55.0 Å². The summed E-state index contributed by atoms with van der Waals surface area (Å²) in [7, 11) is 3.16. The molecule has 2 aromatic heterocycles. The summed E-state index contributed by atoms with van der Waals surface area (Å²) in [6.45, 7) is 2.54. The topological polar surface area (TPSA) is 75.0 Å². The molecule has 0 aliphatic carbocycles. The predicted octanol–water partition coefficient (Wildman–Crippen LogP) is 2.78. The van der Waals surface area contributed by atoms with E-state index in [1.165, 1.54) is 15.9 Å². The van der Waals surface area contributed by atoms with Gasteiger partial charge in [0, 0.05) is 5.56 Å². The van der Waals surface area contributed by atoms with Crippen LogP contribution in [0.15, 0.2) is 47.3 Å². The minimum absolute atomic E-state index is 0.204. The Bertz CT molecular complexity index is 1260. The van der Waals surface area contributed by atoms with E-state index in [0.29, 0.717) is 33.4 Å². The lowest BCUT2D eigenvalue weighted by Gasteiger charge is -2.07. The Kier molecular flexibility index (Phi) is 5.18. The molecule has 148 valence electrons. The summed E-state index contributed by atoms with van der Waals surface area (Å²) in [4.78, 5) is 17.8. The van der Waals surface area contributed by atoms with Gasteiger partial charge >= 0.3 is 0 Å². The highest BCUT2D eigenvalue weighted by atomic mass is 32.1. The van der Waals surface area contributed by atoms with Crippen LogP contribution >= 0.6 is 11.3 Å². The molecular weight excluding hydrogens is 390 g/mol. The summed E-state index contributed by atoms with van der Waals surface area (Å²) < 4.78 is 17.9. The van der Waals surface area contributed by atoms with Crippen molar-refractivity contribution in [2.45, 2.75) is 6.92 Å². The van der Waals surface area contributed by atoms with Gasteiger partial charge in [-0.15, -0.1) is 5.10 Å². The van der Waals surface area contributed by atoms with Gasteiger partial charge in [0.05, 0.1) is 25.4 Å². The summed E-state index contributed by atoms with van der Waals surface area (Å²) in [6.07, 6.45) is 1.79. The van der Waals surface area contributed by atoms with Crippen molar-refractivity contribution in [3.63, 3.8) is 0 Å². The molecule has 0 aliphatic rings. The molecule has 0 radical (unpaired) electrons. The summed E-state index contributed by atoms with van der Waals surface area (Å²) in [6, 6.07) is 13.0. The molecule has 0 spiro atoms. The molecule has 2 heterocycles. The van der Waals surface area contributed by atoms with Crippen LogP contribution in [-0.4, -0.2) is 35.4 Å². The fourth-order valence-corrected chi connectivity index (χ4v) is 3.82. The van der Waals surface area contributed by atoms with E-state index in [9.17, 15) is 4.79 Å². The molecule has 0 saturated carbocycles. The third kappa shape index (κ3) is 3.66. The first-order chi connectivity index (χ1) is 14.1. The first-order valence-corrected chi connectivity index (χ1v) is 9.81. The number of rotatable bonds is 6. The number of methoxy groups -OCH3 is 2. The summed E-state index contributed by atoms with van der Waals surface area (Å²) in [5, 5.41) is 4.38. The van der Waals surface area contributed by atoms with Crippen molar-refractivity contribution < 1.29 is 14.2 Å². The molecule has 0 saturated heterocycles. The van der Waals surface area contributed by atoms with E-state index in [4.69, 9.17) is 14.2 Å². The zero-order valence-electron chi connectivity index (χ0n) is 16.2. The number of fused-ring (bicyclic) bond motifs is 1. The molecule has 7 nitrogen and oxygen atoms in total. The number of aromatic nitrogens is 3. The van der Waals surface area contributed by atoms with Gasteiger partial charge in [0.1, 0.15) is 5.75 Å². The Balaban J connectivity index is 1.70. The van der Waals surface area contributed by atoms with Gasteiger partial charge in [-0.2, -0.15) is 9.50 Å². The van der Waals surface area contributed by atoms with Gasteiger partial charge in [-0.25, -0.2) is 0 Å². The zero-order valence-corrected chi connectivity index (χ0v) is 17.0. The minimum atomic E-state index is -0.204. The van der Waals surface area contributed by atoms with E-state index in [1.807, 2.05) is 43.3 Å². The Morgan fingerprint density at radius 2 is 1.83 bits per heavy atom. The van der Waals surface area contributed by atoms with E-state index in [0.717, 1.165) is 16.9 Å². The van der Waals surface area contributed by atoms with Crippen LogP contribution in [0.25, 0.3) is 22.4 Å². The molecule has 2 aromatic carbocycles. The van der Waals surface area contributed by atoms with Gasteiger partial charge in [-0.1, -0.05) is 17.4 Å². The highest BCUT2D eigenvalue weighted by Crippen LogP contribution is 2.27. The highest BCUT2D eigenvalue weighted by Gasteiger charge is 2.12. The molecule has 29 heavy (non-hydrogen) atoms. The Morgan fingerprint density at radius 3 is 2.48 bits per heavy atom. The largest absolute Gasteiger partial charge is 0.494 e. The molecule has 0 fully saturated rings. The number of hydrogen-bond donors (Lipinski definition) is 0. The van der Waals surface area contributed by atoms with Crippen molar-refractivity contribution in [3.05, 3.63) is 62.9 Å². The summed E-state index contributed by atoms with van der Waals surface area (Å²) in [5.74, 6) is 2.53. The van der Waals surface area contributed by atoms with Crippen molar-refractivity contribution in [3.8, 4) is 28.6 Å². The van der Waals surface area contributed by atoms with E-state index in [1.54, 1.807) is 26.4 Å². The first kappa shape index (κ1) is 18.9. The van der Waals surface area contributed by atoms with Crippen LogP contribution < -0.4 is 24.3 Å². The smallest absolute Gasteiger partial charge is 0.291 e. The van der Waals surface area contributed by atoms with Crippen molar-refractivity contribution in [2.75, 3.05) is 20.8 Å². The predicted molar refractivity (Wildman–Crippen MR) is 112 cm³/mol. The van der Waals surface area contributed by atoms with Crippen LogP contribution in [-0.2, 0) is 0 Å². The molecular formula is C21H19N3O4S. The third-order valence-corrected chi connectivity index (χ3v) is 5.27. The second kappa shape index (κ2) is 7.92. The molecule has 0 unspecified atom stereocenters. The van der Waals surface area contributed by atoms with E-state index in [-0.39, 0.29) is 5.56 Å². The van der Waals surface area contributed by atoms with Crippen molar-refractivity contribution in [1.29, 1.82) is 0 Å². The number of ether oxygens (including phenoxy) is 3. The first-order valence-electron chi connectivity index (χ1n) is 8.99. The summed E-state index contributed by atoms with van der Waals surface area (Å²) >= 11 is 1.29. The zero-order chi connectivity index (χ0) is 20.4. The van der Waals surface area contributed by atoms with Gasteiger partial charge in [-0.3, -0.25) is 4.79 Å². The molecule has 0 amide bonds. The van der Waals surface area contributed by atoms with Crippen LogP contribution in [0.3, 0.4) is 0 Å². The standard InChI is InChI=1S/C21H19N3O4S/c1-4-28-15-8-6-14(7-9-15)19-22-21-24(23-19)20(25)18(29-21)12-13-5-10-16(26-2)17(11-13)27-3/h5-12H,4H2,1-3H3/b18-12+. The maximum atomic E-state index is 12.8. The highest BCUT2D eigenvalue weighted by molar-refractivity contribution is 7.15. The normalized spacial score (nSPS) is 11.8.